The van der Waals surface area contributed by atoms with Crippen molar-refractivity contribution in [1.29, 1.82) is 0 Å². The van der Waals surface area contributed by atoms with Crippen LogP contribution in [0.15, 0.2) is 0 Å². The van der Waals surface area contributed by atoms with E-state index in [-0.39, 0.29) is 6.61 Å². The lowest BCUT2D eigenvalue weighted by Gasteiger charge is -2.08. The van der Waals surface area contributed by atoms with Crippen molar-refractivity contribution >= 4 is 31.9 Å². The molecule has 0 saturated carbocycles. The maximum Gasteiger partial charge on any atom is 0.0442 e. The standard InChI is InChI=1S/C5H10Br2O/c1-4(6)5(7)2-3-8/h4-5,8H,2-3H2,1H3. The van der Waals surface area contributed by atoms with Gasteiger partial charge in [0.05, 0.1) is 0 Å². The summed E-state index contributed by atoms with van der Waals surface area (Å²) in [5, 5.41) is 8.43. The first-order valence-corrected chi connectivity index (χ1v) is 4.40. The molecule has 2 atom stereocenters. The second-order valence-corrected chi connectivity index (χ2v) is 4.33. The molecule has 3 heteroatoms. The summed E-state index contributed by atoms with van der Waals surface area (Å²) in [6.45, 7) is 2.31. The van der Waals surface area contributed by atoms with Crippen LogP contribution in [0, 0.1) is 0 Å². The minimum Gasteiger partial charge on any atom is -0.396 e. The number of aliphatic hydroxyl groups excluding tert-OH is 1. The van der Waals surface area contributed by atoms with E-state index in [9.17, 15) is 0 Å². The zero-order chi connectivity index (χ0) is 6.57. The lowest BCUT2D eigenvalue weighted by molar-refractivity contribution is 0.287. The average Bonchev–Trinajstić information content (AvgIpc) is 1.67. The summed E-state index contributed by atoms with van der Waals surface area (Å²) in [6, 6.07) is 0. The van der Waals surface area contributed by atoms with E-state index < -0.39 is 0 Å². The van der Waals surface area contributed by atoms with E-state index in [0.29, 0.717) is 9.65 Å². The highest BCUT2D eigenvalue weighted by Gasteiger charge is 2.07. The van der Waals surface area contributed by atoms with Gasteiger partial charge in [-0.1, -0.05) is 38.8 Å². The number of aliphatic hydroxyl groups is 1. The summed E-state index contributed by atoms with van der Waals surface area (Å²) in [4.78, 5) is 0.835. The molecule has 8 heavy (non-hydrogen) atoms. The predicted molar refractivity (Wildman–Crippen MR) is 42.8 cm³/mol. The molecule has 0 fully saturated rings. The van der Waals surface area contributed by atoms with Gasteiger partial charge in [0, 0.05) is 16.3 Å². The zero-order valence-corrected chi connectivity index (χ0v) is 7.94. The molecular weight excluding hydrogens is 236 g/mol. The van der Waals surface area contributed by atoms with Crippen molar-refractivity contribution in [3.8, 4) is 0 Å². The third-order valence-electron chi connectivity index (χ3n) is 0.903. The minimum absolute atomic E-state index is 0.256. The molecule has 0 aromatic rings. The van der Waals surface area contributed by atoms with Crippen molar-refractivity contribution in [2.45, 2.75) is 23.0 Å². The van der Waals surface area contributed by atoms with Gasteiger partial charge in [-0.2, -0.15) is 0 Å². The molecule has 0 saturated heterocycles. The molecule has 1 N–H and O–H groups in total. The van der Waals surface area contributed by atoms with E-state index in [2.05, 4.69) is 38.8 Å². The largest absolute Gasteiger partial charge is 0.396 e. The molecule has 0 aromatic heterocycles. The first-order valence-electron chi connectivity index (χ1n) is 2.57. The predicted octanol–water partition coefficient (Wildman–Crippen LogP) is 1.92. The minimum atomic E-state index is 0.256. The molecule has 0 rings (SSSR count). The third kappa shape index (κ3) is 3.87. The Labute approximate surface area is 66.7 Å². The van der Waals surface area contributed by atoms with E-state index in [0.717, 1.165) is 6.42 Å². The Kier molecular flexibility index (Phi) is 5.31. The summed E-state index contributed by atoms with van der Waals surface area (Å²) < 4.78 is 0. The fraction of sp³-hybridized carbons (Fsp3) is 1.00. The number of rotatable bonds is 3. The monoisotopic (exact) mass is 244 g/mol. The molecule has 0 bridgehead atoms. The second-order valence-electron chi connectivity index (χ2n) is 1.71. The van der Waals surface area contributed by atoms with Crippen LogP contribution in [0.4, 0.5) is 0 Å². The van der Waals surface area contributed by atoms with Gasteiger partial charge >= 0.3 is 0 Å². The van der Waals surface area contributed by atoms with Gasteiger partial charge < -0.3 is 5.11 Å². The highest BCUT2D eigenvalue weighted by Crippen LogP contribution is 2.15. The van der Waals surface area contributed by atoms with Crippen molar-refractivity contribution in [1.82, 2.24) is 0 Å². The van der Waals surface area contributed by atoms with E-state index in [4.69, 9.17) is 5.11 Å². The molecule has 50 valence electrons. The Hall–Kier alpha value is 0.920. The van der Waals surface area contributed by atoms with Gasteiger partial charge in [0.1, 0.15) is 0 Å². The molecular formula is C5H10Br2O. The second kappa shape index (κ2) is 4.77. The van der Waals surface area contributed by atoms with Crippen LogP contribution in [0.2, 0.25) is 0 Å². The first-order chi connectivity index (χ1) is 3.68. The molecule has 0 amide bonds. The quantitative estimate of drug-likeness (QED) is 0.754. The van der Waals surface area contributed by atoms with Crippen molar-refractivity contribution in [3.05, 3.63) is 0 Å². The number of halogens is 2. The lowest BCUT2D eigenvalue weighted by Crippen LogP contribution is -2.10. The van der Waals surface area contributed by atoms with Crippen LogP contribution in [0.5, 0.6) is 0 Å². The molecule has 0 aromatic carbocycles. The van der Waals surface area contributed by atoms with Crippen LogP contribution in [0.25, 0.3) is 0 Å². The summed E-state index contributed by atoms with van der Waals surface area (Å²) in [5.41, 5.74) is 0. The van der Waals surface area contributed by atoms with Crippen LogP contribution in [0.1, 0.15) is 13.3 Å². The molecule has 0 aliphatic heterocycles. The van der Waals surface area contributed by atoms with Gasteiger partial charge in [0.15, 0.2) is 0 Å². The van der Waals surface area contributed by atoms with Crippen molar-refractivity contribution in [3.63, 3.8) is 0 Å². The van der Waals surface area contributed by atoms with Gasteiger partial charge in [0.25, 0.3) is 0 Å². The van der Waals surface area contributed by atoms with Crippen molar-refractivity contribution in [2.24, 2.45) is 0 Å². The first kappa shape index (κ1) is 8.92. The molecule has 0 spiro atoms. The number of hydrogen-bond acceptors (Lipinski definition) is 1. The Bertz CT molecular complexity index is 56.4. The molecule has 0 heterocycles. The summed E-state index contributed by atoms with van der Waals surface area (Å²) in [6.07, 6.45) is 0.812. The molecule has 0 radical (unpaired) electrons. The highest BCUT2D eigenvalue weighted by molar-refractivity contribution is 9.12. The number of alkyl halides is 2. The van der Waals surface area contributed by atoms with Crippen molar-refractivity contribution < 1.29 is 5.11 Å². The van der Waals surface area contributed by atoms with E-state index in [1.165, 1.54) is 0 Å². The van der Waals surface area contributed by atoms with Crippen molar-refractivity contribution in [2.75, 3.05) is 6.61 Å². The van der Waals surface area contributed by atoms with Gasteiger partial charge in [-0.25, -0.2) is 0 Å². The maximum absolute atomic E-state index is 8.43. The molecule has 0 aliphatic rings. The van der Waals surface area contributed by atoms with Crippen LogP contribution in [0.3, 0.4) is 0 Å². The fourth-order valence-electron chi connectivity index (χ4n) is 0.353. The van der Waals surface area contributed by atoms with Gasteiger partial charge in [-0.05, 0) is 6.42 Å². The van der Waals surface area contributed by atoms with E-state index in [1.807, 2.05) is 0 Å². The molecule has 1 nitrogen and oxygen atoms in total. The van der Waals surface area contributed by atoms with Crippen LogP contribution in [-0.4, -0.2) is 21.4 Å². The Morgan fingerprint density at radius 2 is 2.00 bits per heavy atom. The van der Waals surface area contributed by atoms with Gasteiger partial charge in [-0.15, -0.1) is 0 Å². The van der Waals surface area contributed by atoms with Crippen LogP contribution >= 0.6 is 31.9 Å². The van der Waals surface area contributed by atoms with E-state index in [1.54, 1.807) is 0 Å². The van der Waals surface area contributed by atoms with Gasteiger partial charge in [0.2, 0.25) is 0 Å². The van der Waals surface area contributed by atoms with Crippen LogP contribution in [-0.2, 0) is 0 Å². The molecule has 0 aliphatic carbocycles. The summed E-state index contributed by atoms with van der Waals surface area (Å²) in [5.74, 6) is 0. The number of hydrogen-bond donors (Lipinski definition) is 1. The Balaban J connectivity index is 3.17. The Morgan fingerprint density at radius 3 is 2.12 bits per heavy atom. The SMILES string of the molecule is CC(Br)C(Br)CCO. The normalized spacial score (nSPS) is 18.0. The Morgan fingerprint density at radius 1 is 1.50 bits per heavy atom. The zero-order valence-electron chi connectivity index (χ0n) is 4.77. The van der Waals surface area contributed by atoms with Crippen LogP contribution < -0.4 is 0 Å². The summed E-state index contributed by atoms with van der Waals surface area (Å²) >= 11 is 6.78. The molecule has 2 unspecified atom stereocenters. The van der Waals surface area contributed by atoms with E-state index >= 15 is 0 Å². The van der Waals surface area contributed by atoms with Gasteiger partial charge in [-0.3, -0.25) is 0 Å². The third-order valence-corrected chi connectivity index (χ3v) is 3.50. The topological polar surface area (TPSA) is 20.2 Å². The fourth-order valence-corrected chi connectivity index (χ4v) is 0.822. The highest BCUT2D eigenvalue weighted by atomic mass is 79.9. The lowest BCUT2D eigenvalue weighted by atomic mass is 10.3. The smallest absolute Gasteiger partial charge is 0.0442 e. The maximum atomic E-state index is 8.43. The average molecular weight is 246 g/mol. The summed E-state index contributed by atoms with van der Waals surface area (Å²) in [7, 11) is 0.